The van der Waals surface area contributed by atoms with Gasteiger partial charge in [0.15, 0.2) is 0 Å². The minimum Gasteiger partial charge on any atom is -0.162 e. The van der Waals surface area contributed by atoms with Crippen LogP contribution in [0.5, 0.6) is 0 Å². The number of hydrogen-bond acceptors (Lipinski definition) is 1. The number of hydrogen-bond donors (Lipinski definition) is 0. The first-order valence-electron chi connectivity index (χ1n) is 10.5. The van der Waals surface area contributed by atoms with E-state index in [1.165, 1.54) is 47.5 Å². The van der Waals surface area contributed by atoms with Crippen LogP contribution in [0.1, 0.15) is 77.8 Å². The summed E-state index contributed by atoms with van der Waals surface area (Å²) in [5.41, 5.74) is 5.81. The molecule has 2 aromatic carbocycles. The molecule has 0 unspecified atom stereocenters. The summed E-state index contributed by atoms with van der Waals surface area (Å²) in [5, 5.41) is 0. The Morgan fingerprint density at radius 2 is 1.35 bits per heavy atom. The lowest BCUT2D eigenvalue weighted by atomic mass is 9.85. The maximum atomic E-state index is 2.34. The van der Waals surface area contributed by atoms with Crippen LogP contribution in [0.25, 0.3) is 11.1 Å². The molecule has 0 aromatic heterocycles. The van der Waals surface area contributed by atoms with Crippen molar-refractivity contribution in [2.24, 2.45) is 0 Å². The fraction of sp³-hybridized carbons (Fsp3) is 0.520. The van der Waals surface area contributed by atoms with Crippen LogP contribution in [-0.2, 0) is 0 Å². The molecule has 0 saturated carbocycles. The molecule has 0 N–H and O–H groups in total. The third kappa shape index (κ3) is 7.99. The van der Waals surface area contributed by atoms with E-state index in [1.54, 1.807) is 5.56 Å². The molecule has 0 nitrogen and oxygen atoms in total. The highest BCUT2D eigenvalue weighted by Crippen LogP contribution is 2.38. The van der Waals surface area contributed by atoms with Crippen molar-refractivity contribution < 1.29 is 0 Å². The normalized spacial score (nSPS) is 13.2. The molecule has 0 spiro atoms. The van der Waals surface area contributed by atoms with Crippen LogP contribution < -0.4 is 0 Å². The Labute approximate surface area is 167 Å². The Morgan fingerprint density at radius 1 is 0.808 bits per heavy atom. The number of aryl methyl sites for hydroxylation is 1. The first-order chi connectivity index (χ1) is 12.8. The first-order valence-corrected chi connectivity index (χ1v) is 11.7. The Hall–Kier alpha value is -1.21. The predicted molar refractivity (Wildman–Crippen MR) is 125 cm³/mol. The molecule has 0 amide bonds. The van der Waals surface area contributed by atoms with E-state index < -0.39 is 0 Å². The van der Waals surface area contributed by atoms with Crippen LogP contribution in [0.2, 0.25) is 0 Å². The highest BCUT2D eigenvalue weighted by atomic mass is 32.2. The molecule has 146 valence electrons. The molecule has 0 radical (unpaired) electrons. The van der Waals surface area contributed by atoms with Gasteiger partial charge in [-0.1, -0.05) is 96.5 Å². The van der Waals surface area contributed by atoms with Gasteiger partial charge in [0.25, 0.3) is 0 Å². The lowest BCUT2D eigenvalue weighted by Gasteiger charge is -2.25. The SMILES string of the molecule is CC.CC.CCC.Cc1cccc(C2CCSCC2)c1-c1ccccc1. The van der Waals surface area contributed by atoms with E-state index in [1.807, 2.05) is 27.7 Å². The molecule has 1 aliphatic rings. The second kappa shape index (κ2) is 16.0. The molecular formula is C25H40S. The average molecular weight is 373 g/mol. The van der Waals surface area contributed by atoms with Crippen LogP contribution >= 0.6 is 11.8 Å². The van der Waals surface area contributed by atoms with Gasteiger partial charge < -0.3 is 0 Å². The molecule has 26 heavy (non-hydrogen) atoms. The molecule has 0 bridgehead atoms. The first kappa shape index (κ1) is 24.8. The smallest absolute Gasteiger partial charge is 0.00617 e. The molecule has 3 rings (SSSR count). The Balaban J connectivity index is 0.000000793. The van der Waals surface area contributed by atoms with Crippen molar-refractivity contribution in [3.8, 4) is 11.1 Å². The minimum atomic E-state index is 0.747. The van der Waals surface area contributed by atoms with E-state index in [9.17, 15) is 0 Å². The Bertz CT molecular complexity index is 554. The molecule has 0 atom stereocenters. The van der Waals surface area contributed by atoms with Crippen molar-refractivity contribution in [3.63, 3.8) is 0 Å². The topological polar surface area (TPSA) is 0 Å². The molecule has 1 saturated heterocycles. The largest absolute Gasteiger partial charge is 0.162 e. The van der Waals surface area contributed by atoms with Crippen molar-refractivity contribution in [3.05, 3.63) is 59.7 Å². The molecule has 1 heterocycles. The standard InChI is InChI=1S/C18H20S.C3H8.2C2H6/c1-14-6-5-9-17(15-10-12-19-13-11-15)18(14)16-7-3-2-4-8-16;1-3-2;2*1-2/h2-9,15H,10-13H2,1H3;3H2,1-2H3;2*1-2H3. The van der Waals surface area contributed by atoms with E-state index in [0.717, 1.165) is 5.92 Å². The van der Waals surface area contributed by atoms with Crippen LogP contribution in [0.3, 0.4) is 0 Å². The number of rotatable bonds is 2. The molecule has 2 aromatic rings. The zero-order chi connectivity index (χ0) is 19.8. The third-order valence-electron chi connectivity index (χ3n) is 4.03. The van der Waals surface area contributed by atoms with Gasteiger partial charge in [0.2, 0.25) is 0 Å². The van der Waals surface area contributed by atoms with Gasteiger partial charge >= 0.3 is 0 Å². The van der Waals surface area contributed by atoms with Gasteiger partial charge in [-0.05, 0) is 59.4 Å². The second-order valence-corrected chi connectivity index (χ2v) is 7.22. The fourth-order valence-corrected chi connectivity index (χ4v) is 4.14. The van der Waals surface area contributed by atoms with Crippen LogP contribution in [0.4, 0.5) is 0 Å². The zero-order valence-corrected chi connectivity index (χ0v) is 19.0. The van der Waals surface area contributed by atoms with Gasteiger partial charge in [0.1, 0.15) is 0 Å². The number of benzene rings is 2. The maximum absolute atomic E-state index is 2.34. The maximum Gasteiger partial charge on any atom is -0.00617 e. The van der Waals surface area contributed by atoms with Gasteiger partial charge in [-0.3, -0.25) is 0 Å². The van der Waals surface area contributed by atoms with Crippen LogP contribution in [-0.4, -0.2) is 11.5 Å². The van der Waals surface area contributed by atoms with Crippen molar-refractivity contribution in [2.75, 3.05) is 11.5 Å². The monoisotopic (exact) mass is 372 g/mol. The van der Waals surface area contributed by atoms with Crippen molar-refractivity contribution in [2.45, 2.75) is 73.6 Å². The molecule has 0 aliphatic carbocycles. The third-order valence-corrected chi connectivity index (χ3v) is 5.08. The summed E-state index contributed by atoms with van der Waals surface area (Å²) >= 11 is 2.10. The summed E-state index contributed by atoms with van der Waals surface area (Å²) < 4.78 is 0. The molecular weight excluding hydrogens is 332 g/mol. The summed E-state index contributed by atoms with van der Waals surface area (Å²) in [6.45, 7) is 14.5. The van der Waals surface area contributed by atoms with Gasteiger partial charge in [0, 0.05) is 0 Å². The van der Waals surface area contributed by atoms with E-state index in [-0.39, 0.29) is 0 Å². The van der Waals surface area contributed by atoms with E-state index in [4.69, 9.17) is 0 Å². The lowest BCUT2D eigenvalue weighted by molar-refractivity contribution is 0.638. The zero-order valence-electron chi connectivity index (χ0n) is 18.1. The minimum absolute atomic E-state index is 0.747. The summed E-state index contributed by atoms with van der Waals surface area (Å²) in [7, 11) is 0. The predicted octanol–water partition coefficient (Wildman–Crippen LogP) is 8.74. The molecule has 1 heteroatoms. The van der Waals surface area contributed by atoms with E-state index in [0.29, 0.717) is 0 Å². The van der Waals surface area contributed by atoms with Crippen LogP contribution in [0, 0.1) is 6.92 Å². The van der Waals surface area contributed by atoms with Crippen molar-refractivity contribution in [1.82, 2.24) is 0 Å². The lowest BCUT2D eigenvalue weighted by Crippen LogP contribution is -2.09. The second-order valence-electron chi connectivity index (χ2n) is 6.00. The number of thioether (sulfide) groups is 1. The highest BCUT2D eigenvalue weighted by Gasteiger charge is 2.20. The highest BCUT2D eigenvalue weighted by molar-refractivity contribution is 7.99. The van der Waals surface area contributed by atoms with Crippen LogP contribution in [0.15, 0.2) is 48.5 Å². The summed E-state index contributed by atoms with van der Waals surface area (Å²) in [6.07, 6.45) is 3.90. The average Bonchev–Trinajstić information content (AvgIpc) is 2.73. The molecule has 1 aliphatic heterocycles. The Morgan fingerprint density at radius 3 is 1.88 bits per heavy atom. The Kier molecular flexibility index (Phi) is 15.3. The van der Waals surface area contributed by atoms with E-state index >= 15 is 0 Å². The summed E-state index contributed by atoms with van der Waals surface area (Å²) in [5.74, 6) is 3.37. The van der Waals surface area contributed by atoms with Gasteiger partial charge in [-0.2, -0.15) is 11.8 Å². The summed E-state index contributed by atoms with van der Waals surface area (Å²) in [4.78, 5) is 0. The van der Waals surface area contributed by atoms with E-state index in [2.05, 4.69) is 81.1 Å². The van der Waals surface area contributed by atoms with Crippen molar-refractivity contribution in [1.29, 1.82) is 0 Å². The fourth-order valence-electron chi connectivity index (χ4n) is 3.04. The summed E-state index contributed by atoms with van der Waals surface area (Å²) in [6, 6.07) is 17.7. The van der Waals surface area contributed by atoms with Gasteiger partial charge in [0.05, 0.1) is 0 Å². The quantitative estimate of drug-likeness (QED) is 0.507. The van der Waals surface area contributed by atoms with Gasteiger partial charge in [-0.15, -0.1) is 0 Å². The van der Waals surface area contributed by atoms with Gasteiger partial charge in [-0.25, -0.2) is 0 Å². The van der Waals surface area contributed by atoms with Crippen molar-refractivity contribution >= 4 is 11.8 Å². The molecule has 1 fully saturated rings.